The van der Waals surface area contributed by atoms with Crippen molar-refractivity contribution in [3.63, 3.8) is 0 Å². The highest BCUT2D eigenvalue weighted by molar-refractivity contribution is 14.0. The molecule has 0 radical (unpaired) electrons. The van der Waals surface area contributed by atoms with Gasteiger partial charge in [0.1, 0.15) is 24.0 Å². The number of nitrogens with zero attached hydrogens (tertiary/aromatic N) is 4. The number of guanidine groups is 1. The number of aliphatic imine (C=N–C) groups is 1. The van der Waals surface area contributed by atoms with Gasteiger partial charge in [-0.25, -0.2) is 9.67 Å². The lowest BCUT2D eigenvalue weighted by Crippen LogP contribution is -2.36. The van der Waals surface area contributed by atoms with E-state index in [1.165, 1.54) is 11.1 Å². The molecular weight excluding hydrogens is 503 g/mol. The van der Waals surface area contributed by atoms with Gasteiger partial charge in [0.05, 0.1) is 6.54 Å². The molecule has 8 heteroatoms. The minimum atomic E-state index is -0.243. The summed E-state index contributed by atoms with van der Waals surface area (Å²) in [7, 11) is 1.77. The fraction of sp³-hybridized carbons (Fsp3) is 0.348. The lowest BCUT2D eigenvalue weighted by molar-refractivity contribution is 0.129. The number of ether oxygens (including phenoxy) is 1. The highest BCUT2D eigenvalue weighted by Gasteiger charge is 2.14. The van der Waals surface area contributed by atoms with Crippen molar-refractivity contribution in [2.24, 2.45) is 4.99 Å². The van der Waals surface area contributed by atoms with E-state index in [1.54, 1.807) is 19.7 Å². The molecule has 3 rings (SSSR count). The van der Waals surface area contributed by atoms with E-state index in [4.69, 9.17) is 4.74 Å². The van der Waals surface area contributed by atoms with Crippen molar-refractivity contribution in [3.05, 3.63) is 77.9 Å². The van der Waals surface area contributed by atoms with Crippen LogP contribution in [0.25, 0.3) is 0 Å². The van der Waals surface area contributed by atoms with E-state index >= 15 is 0 Å². The van der Waals surface area contributed by atoms with Crippen LogP contribution in [0.5, 0.6) is 5.75 Å². The Kier molecular flexibility index (Phi) is 9.29. The van der Waals surface area contributed by atoms with Gasteiger partial charge in [0.25, 0.3) is 0 Å². The van der Waals surface area contributed by atoms with Gasteiger partial charge in [0.2, 0.25) is 0 Å². The molecule has 3 aromatic rings. The second-order valence-electron chi connectivity index (χ2n) is 8.01. The first kappa shape index (κ1) is 24.6. The highest BCUT2D eigenvalue weighted by atomic mass is 127. The van der Waals surface area contributed by atoms with Gasteiger partial charge in [0.15, 0.2) is 5.96 Å². The van der Waals surface area contributed by atoms with Crippen molar-refractivity contribution >= 4 is 29.9 Å². The predicted octanol–water partition coefficient (Wildman–Crippen LogP) is 3.99. The summed E-state index contributed by atoms with van der Waals surface area (Å²) in [6.07, 6.45) is 3.27. The van der Waals surface area contributed by atoms with Crippen LogP contribution in [-0.4, -0.2) is 33.4 Å². The lowest BCUT2D eigenvalue weighted by Gasteiger charge is -2.23. The van der Waals surface area contributed by atoms with E-state index in [-0.39, 0.29) is 29.6 Å². The molecule has 1 aromatic heterocycles. The normalized spacial score (nSPS) is 11.5. The van der Waals surface area contributed by atoms with Crippen LogP contribution in [0.2, 0.25) is 0 Å². The number of hydrogen-bond donors (Lipinski definition) is 2. The third-order valence-electron chi connectivity index (χ3n) is 4.32. The van der Waals surface area contributed by atoms with Crippen LogP contribution >= 0.6 is 24.0 Å². The molecule has 2 aromatic carbocycles. The SMILES string of the molecule is CN=C(NCc1cccc(Cn2cncn2)c1)NCc1ccccc1OC(C)(C)C.I. The molecule has 0 aliphatic rings. The Morgan fingerprint density at radius 1 is 1.03 bits per heavy atom. The van der Waals surface area contributed by atoms with Crippen LogP contribution in [0.4, 0.5) is 0 Å². The maximum atomic E-state index is 6.07. The summed E-state index contributed by atoms with van der Waals surface area (Å²) in [5, 5.41) is 10.9. The molecule has 31 heavy (non-hydrogen) atoms. The number of para-hydroxylation sites is 1. The molecule has 166 valence electrons. The standard InChI is InChI=1S/C23H30N6O.HI/c1-23(2,3)30-21-11-6-5-10-20(21)14-27-22(24-4)26-13-18-8-7-9-19(12-18)15-29-17-25-16-28-29;/h5-12,16-17H,13-15H2,1-4H3,(H2,24,26,27);1H. The van der Waals surface area contributed by atoms with Crippen molar-refractivity contribution in [1.29, 1.82) is 0 Å². The van der Waals surface area contributed by atoms with E-state index < -0.39 is 0 Å². The monoisotopic (exact) mass is 534 g/mol. The molecular formula is C23H31IN6O. The minimum Gasteiger partial charge on any atom is -0.488 e. The third kappa shape index (κ3) is 8.20. The van der Waals surface area contributed by atoms with Gasteiger partial charge in [0, 0.05) is 25.7 Å². The van der Waals surface area contributed by atoms with E-state index in [1.807, 2.05) is 22.9 Å². The highest BCUT2D eigenvalue weighted by Crippen LogP contribution is 2.22. The number of aromatic nitrogens is 3. The molecule has 0 aliphatic heterocycles. The maximum absolute atomic E-state index is 6.07. The molecule has 0 spiro atoms. The fourth-order valence-electron chi connectivity index (χ4n) is 3.00. The first-order valence-electron chi connectivity index (χ1n) is 10.0. The molecule has 0 saturated heterocycles. The molecule has 2 N–H and O–H groups in total. The molecule has 0 bridgehead atoms. The summed E-state index contributed by atoms with van der Waals surface area (Å²) in [4.78, 5) is 8.33. The van der Waals surface area contributed by atoms with Gasteiger partial charge < -0.3 is 15.4 Å². The number of nitrogens with one attached hydrogen (secondary N) is 2. The zero-order valence-corrected chi connectivity index (χ0v) is 20.8. The molecule has 0 unspecified atom stereocenters. The lowest BCUT2D eigenvalue weighted by atomic mass is 10.1. The summed E-state index contributed by atoms with van der Waals surface area (Å²) in [6, 6.07) is 16.5. The minimum absolute atomic E-state index is 0. The fourth-order valence-corrected chi connectivity index (χ4v) is 3.00. The summed E-state index contributed by atoms with van der Waals surface area (Å²) < 4.78 is 7.88. The molecule has 0 aliphatic carbocycles. The first-order valence-corrected chi connectivity index (χ1v) is 10.0. The topological polar surface area (TPSA) is 76.4 Å². The Hall–Kier alpha value is -2.62. The largest absolute Gasteiger partial charge is 0.488 e. The van der Waals surface area contributed by atoms with Crippen molar-refractivity contribution in [2.75, 3.05) is 7.05 Å². The summed E-state index contributed by atoms with van der Waals surface area (Å²) in [5.41, 5.74) is 3.20. The van der Waals surface area contributed by atoms with E-state index in [2.05, 4.69) is 76.8 Å². The Morgan fingerprint density at radius 2 is 1.77 bits per heavy atom. The quantitative estimate of drug-likeness (QED) is 0.273. The first-order chi connectivity index (χ1) is 14.4. The van der Waals surface area contributed by atoms with Crippen LogP contribution in [0.3, 0.4) is 0 Å². The van der Waals surface area contributed by atoms with Crippen LogP contribution < -0.4 is 15.4 Å². The van der Waals surface area contributed by atoms with Crippen molar-refractivity contribution in [2.45, 2.75) is 46.0 Å². The second-order valence-corrected chi connectivity index (χ2v) is 8.01. The van der Waals surface area contributed by atoms with Crippen molar-refractivity contribution < 1.29 is 4.74 Å². The summed E-state index contributed by atoms with van der Waals surface area (Å²) in [5.74, 6) is 1.62. The Balaban J connectivity index is 0.00000341. The van der Waals surface area contributed by atoms with Crippen LogP contribution in [-0.2, 0) is 19.6 Å². The van der Waals surface area contributed by atoms with Gasteiger partial charge in [-0.2, -0.15) is 5.10 Å². The number of halogens is 1. The van der Waals surface area contributed by atoms with Crippen LogP contribution in [0.1, 0.15) is 37.5 Å². The van der Waals surface area contributed by atoms with E-state index in [0.717, 1.165) is 17.3 Å². The molecule has 0 amide bonds. The van der Waals surface area contributed by atoms with Gasteiger partial charge in [-0.1, -0.05) is 42.5 Å². The van der Waals surface area contributed by atoms with Gasteiger partial charge in [-0.15, -0.1) is 24.0 Å². The number of rotatable bonds is 7. The Labute approximate surface area is 201 Å². The van der Waals surface area contributed by atoms with Gasteiger partial charge >= 0.3 is 0 Å². The number of benzene rings is 2. The average molecular weight is 534 g/mol. The second kappa shape index (κ2) is 11.7. The summed E-state index contributed by atoms with van der Waals surface area (Å²) in [6.45, 7) is 8.15. The van der Waals surface area contributed by atoms with E-state index in [9.17, 15) is 0 Å². The average Bonchev–Trinajstić information content (AvgIpc) is 3.21. The molecule has 0 saturated carbocycles. The maximum Gasteiger partial charge on any atom is 0.191 e. The van der Waals surface area contributed by atoms with E-state index in [0.29, 0.717) is 19.6 Å². The Morgan fingerprint density at radius 3 is 2.48 bits per heavy atom. The molecule has 1 heterocycles. The Bertz CT molecular complexity index is 966. The number of hydrogen-bond acceptors (Lipinski definition) is 4. The van der Waals surface area contributed by atoms with Crippen LogP contribution in [0, 0.1) is 0 Å². The molecule has 7 nitrogen and oxygen atoms in total. The van der Waals surface area contributed by atoms with Crippen molar-refractivity contribution in [1.82, 2.24) is 25.4 Å². The smallest absolute Gasteiger partial charge is 0.191 e. The molecule has 0 fully saturated rings. The van der Waals surface area contributed by atoms with Crippen LogP contribution in [0.15, 0.2) is 66.2 Å². The third-order valence-corrected chi connectivity index (χ3v) is 4.32. The predicted molar refractivity (Wildman–Crippen MR) is 135 cm³/mol. The molecule has 0 atom stereocenters. The van der Waals surface area contributed by atoms with Gasteiger partial charge in [-0.3, -0.25) is 4.99 Å². The zero-order valence-electron chi connectivity index (χ0n) is 18.5. The van der Waals surface area contributed by atoms with Gasteiger partial charge in [-0.05, 0) is 38.0 Å². The van der Waals surface area contributed by atoms with Crippen molar-refractivity contribution in [3.8, 4) is 5.75 Å². The summed E-state index contributed by atoms with van der Waals surface area (Å²) >= 11 is 0. The zero-order chi connectivity index (χ0) is 21.4.